The van der Waals surface area contributed by atoms with Gasteiger partial charge in [-0.05, 0) is 114 Å². The first-order valence-corrected chi connectivity index (χ1v) is 16.5. The second-order valence-electron chi connectivity index (χ2n) is 12.4. The number of benzene rings is 2. The van der Waals surface area contributed by atoms with Crippen LogP contribution in [0.5, 0.6) is 0 Å². The van der Waals surface area contributed by atoms with Gasteiger partial charge >= 0.3 is 0 Å². The topological polar surface area (TPSA) is 113 Å². The van der Waals surface area contributed by atoms with E-state index in [1.807, 2.05) is 6.07 Å². The third-order valence-corrected chi connectivity index (χ3v) is 11.4. The van der Waals surface area contributed by atoms with Crippen molar-refractivity contribution in [2.75, 3.05) is 21.9 Å². The first-order valence-electron chi connectivity index (χ1n) is 13.4. The Bertz CT molecular complexity index is 1530. The maximum absolute atomic E-state index is 14.7. The maximum atomic E-state index is 14.7. The van der Waals surface area contributed by atoms with Gasteiger partial charge in [0.25, 0.3) is 5.91 Å². The average molecular weight is 578 g/mol. The minimum atomic E-state index is -4.21. The molecular weight excluding hydrogens is 541 g/mol. The zero-order valence-corrected chi connectivity index (χ0v) is 24.4. The smallest absolute Gasteiger partial charge is 0.258 e. The Kier molecular flexibility index (Phi) is 6.67. The number of amides is 1. The van der Waals surface area contributed by atoms with Crippen LogP contribution in [0.4, 0.5) is 15.8 Å². The Hall–Kier alpha value is -2.50. The van der Waals surface area contributed by atoms with E-state index < -0.39 is 42.2 Å². The van der Waals surface area contributed by atoms with Crippen LogP contribution in [0.15, 0.2) is 41.3 Å². The molecule has 0 bridgehead atoms. The highest BCUT2D eigenvalue weighted by Gasteiger charge is 2.53. The normalized spacial score (nSPS) is 19.8. The minimum Gasteiger partial charge on any atom is -0.307 e. The lowest BCUT2D eigenvalue weighted by Gasteiger charge is -2.38. The summed E-state index contributed by atoms with van der Waals surface area (Å²) < 4.78 is 70.1. The van der Waals surface area contributed by atoms with Gasteiger partial charge in [-0.1, -0.05) is 0 Å². The standard InChI is InChI=1S/C28H36FN3O5S2/c1-5-38(34,35)30-20-7-9-23-21(17-20)28(14-12-27(10-11-27)13-15-28)18-32(23)25(33)19-6-8-22(29)24(16-19)39(36,37)31-26(2,3)4/h6-9,16-17,30-31H,5,10-15,18H2,1-4H3. The molecule has 3 aliphatic rings. The fourth-order valence-corrected chi connectivity index (χ4v) is 8.14. The summed E-state index contributed by atoms with van der Waals surface area (Å²) in [6, 6.07) is 8.65. The second kappa shape index (κ2) is 9.27. The molecule has 1 aliphatic heterocycles. The molecule has 0 saturated heterocycles. The van der Waals surface area contributed by atoms with E-state index in [-0.39, 0.29) is 16.7 Å². The fraction of sp³-hybridized carbons (Fsp3) is 0.536. The van der Waals surface area contributed by atoms with Gasteiger partial charge in [-0.15, -0.1) is 0 Å². The zero-order valence-electron chi connectivity index (χ0n) is 22.8. The number of sulfonamides is 2. The molecule has 1 amide bonds. The Morgan fingerprint density at radius 1 is 0.974 bits per heavy atom. The van der Waals surface area contributed by atoms with Crippen LogP contribution < -0.4 is 14.3 Å². The van der Waals surface area contributed by atoms with Crippen LogP contribution in [0, 0.1) is 11.2 Å². The molecule has 2 spiro atoms. The number of nitrogens with zero attached hydrogens (tertiary/aromatic N) is 1. The number of rotatable bonds is 6. The van der Waals surface area contributed by atoms with Crippen LogP contribution in [-0.4, -0.2) is 40.6 Å². The van der Waals surface area contributed by atoms with Crippen molar-refractivity contribution < 1.29 is 26.0 Å². The number of halogens is 1. The number of nitrogens with one attached hydrogen (secondary N) is 2. The number of hydrogen-bond donors (Lipinski definition) is 2. The summed E-state index contributed by atoms with van der Waals surface area (Å²) in [5.74, 6) is -1.41. The molecule has 0 radical (unpaired) electrons. The molecule has 0 unspecified atom stereocenters. The molecular formula is C28H36FN3O5S2. The summed E-state index contributed by atoms with van der Waals surface area (Å²) in [7, 11) is -7.69. The molecule has 212 valence electrons. The van der Waals surface area contributed by atoms with Crippen molar-refractivity contribution in [3.63, 3.8) is 0 Å². The first-order chi connectivity index (χ1) is 18.1. The molecule has 5 rings (SSSR count). The molecule has 0 aromatic heterocycles. The lowest BCUT2D eigenvalue weighted by atomic mass is 9.66. The molecule has 2 N–H and O–H groups in total. The predicted molar refractivity (Wildman–Crippen MR) is 149 cm³/mol. The highest BCUT2D eigenvalue weighted by molar-refractivity contribution is 7.92. The van der Waals surface area contributed by atoms with Crippen molar-refractivity contribution >= 4 is 37.3 Å². The molecule has 11 heteroatoms. The van der Waals surface area contributed by atoms with E-state index in [2.05, 4.69) is 9.44 Å². The van der Waals surface area contributed by atoms with Gasteiger partial charge in [0.15, 0.2) is 0 Å². The van der Waals surface area contributed by atoms with Gasteiger partial charge in [-0.3, -0.25) is 9.52 Å². The molecule has 2 saturated carbocycles. The van der Waals surface area contributed by atoms with Crippen molar-refractivity contribution in [3.05, 3.63) is 53.3 Å². The minimum absolute atomic E-state index is 0.0533. The van der Waals surface area contributed by atoms with Crippen molar-refractivity contribution in [2.45, 2.75) is 82.1 Å². The monoisotopic (exact) mass is 577 g/mol. The van der Waals surface area contributed by atoms with E-state index in [0.29, 0.717) is 23.3 Å². The summed E-state index contributed by atoms with van der Waals surface area (Å²) in [6.07, 6.45) is 6.32. The summed E-state index contributed by atoms with van der Waals surface area (Å²) in [5, 5.41) is 0. The average Bonchev–Trinajstić information content (AvgIpc) is 3.54. The maximum Gasteiger partial charge on any atom is 0.258 e. The van der Waals surface area contributed by atoms with Crippen LogP contribution >= 0.6 is 0 Å². The molecule has 1 heterocycles. The Balaban J connectivity index is 1.52. The van der Waals surface area contributed by atoms with Gasteiger partial charge in [0.1, 0.15) is 10.7 Å². The molecule has 8 nitrogen and oxygen atoms in total. The van der Waals surface area contributed by atoms with Crippen LogP contribution in [0.2, 0.25) is 0 Å². The molecule has 0 atom stereocenters. The fourth-order valence-electron chi connectivity index (χ4n) is 5.98. The highest BCUT2D eigenvalue weighted by Crippen LogP contribution is 2.62. The number of carbonyl (C=O) groups excluding carboxylic acids is 1. The third-order valence-electron chi connectivity index (χ3n) is 8.35. The molecule has 2 fully saturated rings. The van der Waals surface area contributed by atoms with Crippen LogP contribution in [-0.2, 0) is 25.5 Å². The van der Waals surface area contributed by atoms with Crippen molar-refractivity contribution in [1.82, 2.24) is 4.72 Å². The van der Waals surface area contributed by atoms with Crippen molar-refractivity contribution in [1.29, 1.82) is 0 Å². The van der Waals surface area contributed by atoms with E-state index in [1.165, 1.54) is 18.9 Å². The molecule has 2 aromatic carbocycles. The van der Waals surface area contributed by atoms with E-state index in [1.54, 1.807) is 44.7 Å². The summed E-state index contributed by atoms with van der Waals surface area (Å²) in [4.78, 5) is 15.0. The van der Waals surface area contributed by atoms with Crippen LogP contribution in [0.25, 0.3) is 0 Å². The summed E-state index contributed by atoms with van der Waals surface area (Å²) in [5.41, 5.74) is 1.38. The van der Waals surface area contributed by atoms with E-state index in [4.69, 9.17) is 0 Å². The van der Waals surface area contributed by atoms with Crippen LogP contribution in [0.1, 0.15) is 82.1 Å². The van der Waals surface area contributed by atoms with Crippen molar-refractivity contribution in [2.24, 2.45) is 5.41 Å². The molecule has 2 aliphatic carbocycles. The Morgan fingerprint density at radius 3 is 2.21 bits per heavy atom. The lowest BCUT2D eigenvalue weighted by molar-refractivity contribution is 0.0980. The summed E-state index contributed by atoms with van der Waals surface area (Å²) in [6.45, 7) is 6.94. The van der Waals surface area contributed by atoms with Gasteiger partial charge in [-0.25, -0.2) is 25.9 Å². The SMILES string of the molecule is CCS(=O)(=O)Nc1ccc2c(c1)C1(CCC3(CC3)CC1)CN2C(=O)c1ccc(F)c(S(=O)(=O)NC(C)(C)C)c1. The highest BCUT2D eigenvalue weighted by atomic mass is 32.2. The zero-order chi connectivity index (χ0) is 28.4. The lowest BCUT2D eigenvalue weighted by Crippen LogP contribution is -2.41. The van der Waals surface area contributed by atoms with Gasteiger partial charge in [0.2, 0.25) is 20.0 Å². The van der Waals surface area contributed by atoms with E-state index in [0.717, 1.165) is 43.4 Å². The number of carbonyl (C=O) groups is 1. The van der Waals surface area contributed by atoms with Gasteiger partial charge in [0, 0.05) is 34.4 Å². The van der Waals surface area contributed by atoms with Gasteiger partial charge in [-0.2, -0.15) is 0 Å². The second-order valence-corrected chi connectivity index (χ2v) is 16.1. The van der Waals surface area contributed by atoms with Gasteiger partial charge < -0.3 is 4.90 Å². The number of fused-ring (bicyclic) bond motifs is 2. The largest absolute Gasteiger partial charge is 0.307 e. The van der Waals surface area contributed by atoms with Gasteiger partial charge in [0.05, 0.1) is 5.75 Å². The Morgan fingerprint density at radius 2 is 1.62 bits per heavy atom. The van der Waals surface area contributed by atoms with E-state index >= 15 is 0 Å². The molecule has 39 heavy (non-hydrogen) atoms. The quantitative estimate of drug-likeness (QED) is 0.506. The van der Waals surface area contributed by atoms with Crippen molar-refractivity contribution in [3.8, 4) is 0 Å². The first kappa shape index (κ1) is 28.0. The number of hydrogen-bond acceptors (Lipinski definition) is 5. The predicted octanol–water partition coefficient (Wildman–Crippen LogP) is 4.92. The van der Waals surface area contributed by atoms with E-state index in [9.17, 15) is 26.0 Å². The molecule has 2 aromatic rings. The Labute approximate surface area is 230 Å². The third kappa shape index (κ3) is 5.45. The number of anilines is 2. The summed E-state index contributed by atoms with van der Waals surface area (Å²) >= 11 is 0. The van der Waals surface area contributed by atoms with Crippen LogP contribution in [0.3, 0.4) is 0 Å².